The smallest absolute Gasteiger partial charge is 0.228 e. The van der Waals surface area contributed by atoms with Gasteiger partial charge in [-0.3, -0.25) is 14.5 Å². The predicted molar refractivity (Wildman–Crippen MR) is 97.4 cm³/mol. The highest BCUT2D eigenvalue weighted by Crippen LogP contribution is 2.18. The van der Waals surface area contributed by atoms with Crippen LogP contribution in [0.3, 0.4) is 0 Å². The number of hydrogen-bond acceptors (Lipinski definition) is 6. The molecule has 2 rings (SSSR count). The summed E-state index contributed by atoms with van der Waals surface area (Å²) in [5, 5.41) is 7.94. The predicted octanol–water partition coefficient (Wildman–Crippen LogP) is 2.29. The van der Waals surface area contributed by atoms with Gasteiger partial charge < -0.3 is 15.1 Å². The number of furan rings is 1. The van der Waals surface area contributed by atoms with E-state index in [9.17, 15) is 9.59 Å². The summed E-state index contributed by atoms with van der Waals surface area (Å²) in [6.45, 7) is 4.08. The zero-order valence-electron chi connectivity index (χ0n) is 14.9. The number of aromatic nitrogens is 1. The van der Waals surface area contributed by atoms with Crippen molar-refractivity contribution in [3.8, 4) is 0 Å². The molecule has 8 heteroatoms. The zero-order chi connectivity index (χ0) is 18.4. The minimum Gasteiger partial charge on any atom is -0.468 e. The lowest BCUT2D eigenvalue weighted by Crippen LogP contribution is -2.35. The maximum absolute atomic E-state index is 12.2. The maximum atomic E-state index is 12.2. The largest absolute Gasteiger partial charge is 0.468 e. The van der Waals surface area contributed by atoms with Gasteiger partial charge in [-0.25, -0.2) is 4.98 Å². The Labute approximate surface area is 151 Å². The number of likely N-dealkylation sites (N-methyl/N-ethyl adjacent to an activating group) is 1. The van der Waals surface area contributed by atoms with Crippen LogP contribution in [0.1, 0.15) is 31.3 Å². The van der Waals surface area contributed by atoms with E-state index in [0.717, 1.165) is 5.76 Å². The maximum Gasteiger partial charge on any atom is 0.228 e. The number of nitrogens with zero attached hydrogens (tertiary/aromatic N) is 2. The SMILES string of the molecule is CC(C)C(=O)Nc1nc(CC(=O)NC[C@H](c2ccco2)N(C)C)cs1. The normalized spacial score (nSPS) is 12.4. The minimum atomic E-state index is -0.120. The number of carbonyl (C=O) groups excluding carboxylic acids is 2. The fraction of sp³-hybridized carbons (Fsp3) is 0.471. The van der Waals surface area contributed by atoms with Gasteiger partial charge in [0.2, 0.25) is 11.8 Å². The summed E-state index contributed by atoms with van der Waals surface area (Å²) in [5.74, 6) is 0.487. The van der Waals surface area contributed by atoms with Crippen LogP contribution in [-0.2, 0) is 16.0 Å². The quantitative estimate of drug-likeness (QED) is 0.750. The van der Waals surface area contributed by atoms with Crippen LogP contribution >= 0.6 is 11.3 Å². The third kappa shape index (κ3) is 5.68. The lowest BCUT2D eigenvalue weighted by molar-refractivity contribution is -0.121. The molecule has 0 unspecified atom stereocenters. The molecule has 2 amide bonds. The van der Waals surface area contributed by atoms with Gasteiger partial charge >= 0.3 is 0 Å². The second-order valence-electron chi connectivity index (χ2n) is 6.26. The van der Waals surface area contributed by atoms with Crippen LogP contribution in [0.4, 0.5) is 5.13 Å². The summed E-state index contributed by atoms with van der Waals surface area (Å²) in [4.78, 5) is 30.1. The summed E-state index contributed by atoms with van der Waals surface area (Å²) in [6.07, 6.45) is 1.79. The number of rotatable bonds is 8. The molecule has 1 atom stereocenters. The van der Waals surface area contributed by atoms with Crippen LogP contribution in [0.2, 0.25) is 0 Å². The summed E-state index contributed by atoms with van der Waals surface area (Å²) in [5.41, 5.74) is 0.640. The third-order valence-electron chi connectivity index (χ3n) is 3.64. The van der Waals surface area contributed by atoms with E-state index in [1.165, 1.54) is 11.3 Å². The van der Waals surface area contributed by atoms with Crippen LogP contribution in [0, 0.1) is 5.92 Å². The monoisotopic (exact) mass is 364 g/mol. The molecule has 136 valence electrons. The van der Waals surface area contributed by atoms with E-state index in [1.807, 2.05) is 45.0 Å². The Kier molecular flexibility index (Phi) is 6.72. The Morgan fingerprint density at radius 2 is 2.12 bits per heavy atom. The van der Waals surface area contributed by atoms with Gasteiger partial charge in [-0.2, -0.15) is 0 Å². The van der Waals surface area contributed by atoms with Crippen molar-refractivity contribution in [1.82, 2.24) is 15.2 Å². The number of hydrogen-bond donors (Lipinski definition) is 2. The van der Waals surface area contributed by atoms with E-state index in [0.29, 0.717) is 17.4 Å². The van der Waals surface area contributed by atoms with Crippen molar-refractivity contribution in [3.05, 3.63) is 35.2 Å². The molecule has 0 aliphatic rings. The second-order valence-corrected chi connectivity index (χ2v) is 7.12. The van der Waals surface area contributed by atoms with Gasteiger partial charge in [0.1, 0.15) is 5.76 Å². The van der Waals surface area contributed by atoms with Crippen LogP contribution in [0.25, 0.3) is 0 Å². The molecule has 2 heterocycles. The van der Waals surface area contributed by atoms with E-state index < -0.39 is 0 Å². The number of anilines is 1. The van der Waals surface area contributed by atoms with Crippen LogP contribution in [0.5, 0.6) is 0 Å². The van der Waals surface area contributed by atoms with E-state index in [-0.39, 0.29) is 30.2 Å². The summed E-state index contributed by atoms with van der Waals surface area (Å²) in [6, 6.07) is 3.69. The molecule has 7 nitrogen and oxygen atoms in total. The van der Waals surface area contributed by atoms with E-state index in [2.05, 4.69) is 15.6 Å². The molecular weight excluding hydrogens is 340 g/mol. The van der Waals surface area contributed by atoms with Gasteiger partial charge in [0, 0.05) is 17.8 Å². The molecule has 0 aliphatic heterocycles. The number of carbonyl (C=O) groups is 2. The van der Waals surface area contributed by atoms with Crippen molar-refractivity contribution in [2.24, 2.45) is 5.92 Å². The molecule has 0 radical (unpaired) electrons. The van der Waals surface area contributed by atoms with E-state index in [1.54, 1.807) is 11.6 Å². The van der Waals surface area contributed by atoms with Gasteiger partial charge in [-0.1, -0.05) is 13.8 Å². The first kappa shape index (κ1) is 19.1. The van der Waals surface area contributed by atoms with Crippen molar-refractivity contribution < 1.29 is 14.0 Å². The molecule has 2 aromatic rings. The number of amides is 2. The van der Waals surface area contributed by atoms with Gasteiger partial charge in [0.25, 0.3) is 0 Å². The Hall–Kier alpha value is -2.19. The Morgan fingerprint density at radius 1 is 1.36 bits per heavy atom. The fourth-order valence-electron chi connectivity index (χ4n) is 2.15. The highest BCUT2D eigenvalue weighted by molar-refractivity contribution is 7.13. The Bertz CT molecular complexity index is 695. The molecule has 0 aliphatic carbocycles. The average molecular weight is 364 g/mol. The molecule has 2 N–H and O–H groups in total. The topological polar surface area (TPSA) is 87.5 Å². The van der Waals surface area contributed by atoms with Gasteiger partial charge in [-0.05, 0) is 26.2 Å². The summed E-state index contributed by atoms with van der Waals surface area (Å²) >= 11 is 1.32. The average Bonchev–Trinajstić information content (AvgIpc) is 3.19. The zero-order valence-corrected chi connectivity index (χ0v) is 15.7. The molecule has 0 saturated heterocycles. The van der Waals surface area contributed by atoms with Gasteiger partial charge in [-0.15, -0.1) is 11.3 Å². The highest BCUT2D eigenvalue weighted by Gasteiger charge is 2.18. The summed E-state index contributed by atoms with van der Waals surface area (Å²) in [7, 11) is 3.87. The lowest BCUT2D eigenvalue weighted by Gasteiger charge is -2.22. The number of nitrogens with one attached hydrogen (secondary N) is 2. The Morgan fingerprint density at radius 3 is 2.72 bits per heavy atom. The molecule has 0 bridgehead atoms. The van der Waals surface area contributed by atoms with Crippen molar-refractivity contribution in [1.29, 1.82) is 0 Å². The highest BCUT2D eigenvalue weighted by atomic mass is 32.1. The second kappa shape index (κ2) is 8.77. The Balaban J connectivity index is 1.86. The molecule has 0 spiro atoms. The van der Waals surface area contributed by atoms with Crippen molar-refractivity contribution in [2.75, 3.05) is 26.0 Å². The van der Waals surface area contributed by atoms with E-state index >= 15 is 0 Å². The molecule has 2 aromatic heterocycles. The summed E-state index contributed by atoms with van der Waals surface area (Å²) < 4.78 is 5.42. The first-order valence-corrected chi connectivity index (χ1v) is 8.96. The molecule has 0 saturated carbocycles. The van der Waals surface area contributed by atoms with Crippen molar-refractivity contribution in [2.45, 2.75) is 26.3 Å². The molecule has 25 heavy (non-hydrogen) atoms. The first-order chi connectivity index (χ1) is 11.9. The van der Waals surface area contributed by atoms with Crippen molar-refractivity contribution in [3.63, 3.8) is 0 Å². The lowest BCUT2D eigenvalue weighted by atomic mass is 10.2. The molecule has 0 fully saturated rings. The fourth-order valence-corrected chi connectivity index (χ4v) is 2.86. The third-order valence-corrected chi connectivity index (χ3v) is 4.44. The molecular formula is C17H24N4O3S. The van der Waals surface area contributed by atoms with Gasteiger partial charge in [0.15, 0.2) is 5.13 Å². The molecule has 0 aromatic carbocycles. The minimum absolute atomic E-state index is 0.0322. The van der Waals surface area contributed by atoms with Gasteiger partial charge in [0.05, 0.1) is 24.4 Å². The van der Waals surface area contributed by atoms with Crippen LogP contribution in [-0.4, -0.2) is 42.3 Å². The number of thiazole rings is 1. The van der Waals surface area contributed by atoms with Crippen LogP contribution in [0.15, 0.2) is 28.2 Å². The van der Waals surface area contributed by atoms with Crippen LogP contribution < -0.4 is 10.6 Å². The van der Waals surface area contributed by atoms with Crippen molar-refractivity contribution >= 4 is 28.3 Å². The standard InChI is InChI=1S/C17H24N4O3S/c1-11(2)16(23)20-17-19-12(10-25-17)8-15(22)18-9-13(21(3)4)14-6-5-7-24-14/h5-7,10-11,13H,8-9H2,1-4H3,(H,18,22)(H,19,20,23)/t13-/m1/s1. The first-order valence-electron chi connectivity index (χ1n) is 8.08. The van der Waals surface area contributed by atoms with E-state index in [4.69, 9.17) is 4.42 Å².